The molecule has 1 amide bonds. The molecule has 2 heterocycles. The van der Waals surface area contributed by atoms with Gasteiger partial charge >= 0.3 is 0 Å². The van der Waals surface area contributed by atoms with E-state index >= 15 is 0 Å². The van der Waals surface area contributed by atoms with E-state index in [9.17, 15) is 4.79 Å². The van der Waals surface area contributed by atoms with Crippen molar-refractivity contribution < 1.29 is 4.79 Å². The van der Waals surface area contributed by atoms with E-state index in [1.807, 2.05) is 86.0 Å². The molecule has 0 spiro atoms. The molecular formula is C23H19N3OS2. The number of aliphatic imine (C=N–C) groups is 1. The molecule has 0 radical (unpaired) electrons. The molecule has 6 heteroatoms. The minimum atomic E-state index is -0.0750. The predicted molar refractivity (Wildman–Crippen MR) is 124 cm³/mol. The van der Waals surface area contributed by atoms with Crippen molar-refractivity contribution >= 4 is 51.1 Å². The fourth-order valence-corrected chi connectivity index (χ4v) is 4.64. The lowest BCUT2D eigenvalue weighted by Crippen LogP contribution is -2.28. The number of aryl methyl sites for hydroxylation is 1. The number of para-hydroxylation sites is 1. The lowest BCUT2D eigenvalue weighted by Gasteiger charge is -2.14. The normalized spacial score (nSPS) is 17.5. The first kappa shape index (κ1) is 19.4. The summed E-state index contributed by atoms with van der Waals surface area (Å²) >= 11 is 2.85. The standard InChI is InChI=1S/C23H19N3OS2/c1-16(13-18-9-5-3-6-10-18)14-20-21(27)26(19-11-7-4-8-12-19)23(29-20)25-22-24-17(2)15-28-22/h3-15H,1-2H3/b16-13+,20-14-,25-23+. The van der Waals surface area contributed by atoms with Crippen LogP contribution in [-0.2, 0) is 4.79 Å². The highest BCUT2D eigenvalue weighted by Crippen LogP contribution is 2.37. The molecule has 0 bridgehead atoms. The van der Waals surface area contributed by atoms with Crippen molar-refractivity contribution in [1.82, 2.24) is 4.98 Å². The van der Waals surface area contributed by atoms with Gasteiger partial charge in [-0.15, -0.1) is 11.3 Å². The molecule has 1 aliphatic rings. The van der Waals surface area contributed by atoms with Gasteiger partial charge in [0.2, 0.25) is 5.13 Å². The summed E-state index contributed by atoms with van der Waals surface area (Å²) in [7, 11) is 0. The summed E-state index contributed by atoms with van der Waals surface area (Å²) in [5, 5.41) is 3.22. The number of carbonyl (C=O) groups is 1. The van der Waals surface area contributed by atoms with E-state index in [1.54, 1.807) is 4.90 Å². The Hall–Kier alpha value is -2.96. The first-order chi connectivity index (χ1) is 14.1. The molecule has 1 aliphatic heterocycles. The first-order valence-corrected chi connectivity index (χ1v) is 10.8. The lowest BCUT2D eigenvalue weighted by molar-refractivity contribution is -0.113. The van der Waals surface area contributed by atoms with E-state index in [-0.39, 0.29) is 5.91 Å². The molecule has 0 unspecified atom stereocenters. The van der Waals surface area contributed by atoms with Crippen LogP contribution < -0.4 is 4.90 Å². The monoisotopic (exact) mass is 417 g/mol. The van der Waals surface area contributed by atoms with Crippen LogP contribution in [0.3, 0.4) is 0 Å². The molecule has 0 aliphatic carbocycles. The largest absolute Gasteiger partial charge is 0.271 e. The Morgan fingerprint density at radius 1 is 1.07 bits per heavy atom. The van der Waals surface area contributed by atoms with Crippen molar-refractivity contribution in [3.63, 3.8) is 0 Å². The van der Waals surface area contributed by atoms with Gasteiger partial charge in [-0.3, -0.25) is 9.69 Å². The van der Waals surface area contributed by atoms with Gasteiger partial charge in [0.25, 0.3) is 5.91 Å². The smallest absolute Gasteiger partial charge is 0.268 e. The Morgan fingerprint density at radius 3 is 2.41 bits per heavy atom. The van der Waals surface area contributed by atoms with Crippen molar-refractivity contribution in [2.75, 3.05) is 4.90 Å². The van der Waals surface area contributed by atoms with Gasteiger partial charge in [-0.2, -0.15) is 4.99 Å². The third-order valence-electron chi connectivity index (χ3n) is 4.17. The highest BCUT2D eigenvalue weighted by Gasteiger charge is 2.34. The molecule has 1 aromatic heterocycles. The van der Waals surface area contributed by atoms with Gasteiger partial charge in [-0.1, -0.05) is 54.6 Å². The second-order valence-corrected chi connectivity index (χ2v) is 8.40. The number of anilines is 1. The minimum absolute atomic E-state index is 0.0750. The Morgan fingerprint density at radius 2 is 1.76 bits per heavy atom. The van der Waals surface area contributed by atoms with Crippen LogP contribution in [0.2, 0.25) is 0 Å². The van der Waals surface area contributed by atoms with Gasteiger partial charge in [0.05, 0.1) is 16.3 Å². The average molecular weight is 418 g/mol. The number of amidine groups is 1. The third-order valence-corrected chi connectivity index (χ3v) is 5.99. The number of benzene rings is 2. The van der Waals surface area contributed by atoms with Crippen LogP contribution >= 0.6 is 23.1 Å². The number of aromatic nitrogens is 1. The first-order valence-electron chi connectivity index (χ1n) is 9.13. The van der Waals surface area contributed by atoms with Crippen LogP contribution in [0, 0.1) is 6.92 Å². The topological polar surface area (TPSA) is 45.6 Å². The molecular weight excluding hydrogens is 398 g/mol. The Kier molecular flexibility index (Phi) is 5.74. The van der Waals surface area contributed by atoms with Crippen molar-refractivity contribution in [1.29, 1.82) is 0 Å². The zero-order valence-electron chi connectivity index (χ0n) is 16.1. The van der Waals surface area contributed by atoms with E-state index in [2.05, 4.69) is 16.1 Å². The maximum absolute atomic E-state index is 13.2. The number of hydrogen-bond donors (Lipinski definition) is 0. The molecule has 1 saturated heterocycles. The second-order valence-electron chi connectivity index (χ2n) is 6.55. The van der Waals surface area contributed by atoms with E-state index in [0.29, 0.717) is 15.2 Å². The minimum Gasteiger partial charge on any atom is -0.268 e. The predicted octanol–water partition coefficient (Wildman–Crippen LogP) is 6.21. The van der Waals surface area contributed by atoms with Gasteiger partial charge < -0.3 is 0 Å². The molecule has 3 aromatic rings. The number of nitrogens with zero attached hydrogens (tertiary/aromatic N) is 3. The maximum atomic E-state index is 13.2. The summed E-state index contributed by atoms with van der Waals surface area (Å²) in [5.41, 5.74) is 3.83. The quantitative estimate of drug-likeness (QED) is 0.474. The fraction of sp³-hybridized carbons (Fsp3) is 0.0870. The highest BCUT2D eigenvalue weighted by molar-refractivity contribution is 8.19. The van der Waals surface area contributed by atoms with Gasteiger partial charge in [0, 0.05) is 5.38 Å². The SMILES string of the molecule is CC(/C=C1\S/C(=N/c2nc(C)cs2)N(c2ccccc2)C1=O)=C\c1ccccc1. The van der Waals surface area contributed by atoms with E-state index in [4.69, 9.17) is 0 Å². The Labute approximate surface area is 178 Å². The molecule has 4 nitrogen and oxygen atoms in total. The van der Waals surface area contributed by atoms with Crippen molar-refractivity contribution in [3.05, 3.63) is 93.9 Å². The van der Waals surface area contributed by atoms with Crippen LogP contribution in [0.1, 0.15) is 18.2 Å². The number of hydrogen-bond acceptors (Lipinski definition) is 5. The number of carbonyl (C=O) groups excluding carboxylic acids is 1. The van der Waals surface area contributed by atoms with Crippen LogP contribution in [-0.4, -0.2) is 16.1 Å². The Bertz CT molecular complexity index is 1120. The van der Waals surface area contributed by atoms with Gasteiger partial charge in [-0.05, 0) is 55.0 Å². The fourth-order valence-electron chi connectivity index (χ4n) is 2.89. The van der Waals surface area contributed by atoms with E-state index in [1.165, 1.54) is 23.1 Å². The molecule has 29 heavy (non-hydrogen) atoms. The van der Waals surface area contributed by atoms with Crippen molar-refractivity contribution in [3.8, 4) is 0 Å². The molecule has 0 saturated carbocycles. The third kappa shape index (κ3) is 4.55. The highest BCUT2D eigenvalue weighted by atomic mass is 32.2. The summed E-state index contributed by atoms with van der Waals surface area (Å²) in [6, 6.07) is 19.7. The molecule has 0 atom stereocenters. The van der Waals surface area contributed by atoms with Crippen LogP contribution in [0.4, 0.5) is 10.8 Å². The van der Waals surface area contributed by atoms with Crippen molar-refractivity contribution in [2.24, 2.45) is 4.99 Å². The number of thioether (sulfide) groups is 1. The van der Waals surface area contributed by atoms with Crippen LogP contribution in [0.15, 0.2) is 87.6 Å². The maximum Gasteiger partial charge on any atom is 0.271 e. The Balaban J connectivity index is 1.71. The number of thiazole rings is 1. The number of amides is 1. The number of rotatable bonds is 4. The molecule has 4 rings (SSSR count). The van der Waals surface area contributed by atoms with Crippen LogP contribution in [0.5, 0.6) is 0 Å². The van der Waals surface area contributed by atoms with Gasteiger partial charge in [0.1, 0.15) is 0 Å². The summed E-state index contributed by atoms with van der Waals surface area (Å²) < 4.78 is 0. The van der Waals surface area contributed by atoms with Crippen LogP contribution in [0.25, 0.3) is 6.08 Å². The van der Waals surface area contributed by atoms with Crippen molar-refractivity contribution in [2.45, 2.75) is 13.8 Å². The molecule has 0 N–H and O–H groups in total. The molecule has 144 valence electrons. The lowest BCUT2D eigenvalue weighted by atomic mass is 10.1. The second kappa shape index (κ2) is 8.59. The zero-order valence-corrected chi connectivity index (χ0v) is 17.7. The molecule has 1 fully saturated rings. The number of allylic oxidation sites excluding steroid dienone is 2. The zero-order chi connectivity index (χ0) is 20.2. The van der Waals surface area contributed by atoms with Gasteiger partial charge in [-0.25, -0.2) is 4.98 Å². The summed E-state index contributed by atoms with van der Waals surface area (Å²) in [5.74, 6) is -0.0750. The van der Waals surface area contributed by atoms with E-state index < -0.39 is 0 Å². The van der Waals surface area contributed by atoms with E-state index in [0.717, 1.165) is 22.5 Å². The summed E-state index contributed by atoms with van der Waals surface area (Å²) in [4.78, 5) is 24.6. The summed E-state index contributed by atoms with van der Waals surface area (Å²) in [6.07, 6.45) is 3.98. The average Bonchev–Trinajstić information content (AvgIpc) is 3.26. The van der Waals surface area contributed by atoms with Gasteiger partial charge in [0.15, 0.2) is 5.17 Å². The molecule has 2 aromatic carbocycles. The summed E-state index contributed by atoms with van der Waals surface area (Å²) in [6.45, 7) is 3.94.